The van der Waals surface area contributed by atoms with Gasteiger partial charge in [0, 0.05) is 24.2 Å². The Bertz CT molecular complexity index is 1210. The highest BCUT2D eigenvalue weighted by Gasteiger charge is 2.23. The van der Waals surface area contributed by atoms with Crippen LogP contribution in [0.5, 0.6) is 0 Å². The number of rotatable bonds is 5. The molecule has 7 heteroatoms. The molecular formula is C25H30N4O3. The van der Waals surface area contributed by atoms with Crippen LogP contribution >= 0.6 is 0 Å². The topological polar surface area (TPSA) is 85.2 Å². The van der Waals surface area contributed by atoms with Crippen molar-refractivity contribution in [2.75, 3.05) is 25.5 Å². The van der Waals surface area contributed by atoms with E-state index in [0.717, 1.165) is 48.4 Å². The van der Waals surface area contributed by atoms with Gasteiger partial charge in [0.15, 0.2) is 0 Å². The van der Waals surface area contributed by atoms with E-state index in [9.17, 15) is 9.59 Å². The van der Waals surface area contributed by atoms with E-state index in [1.807, 2.05) is 39.1 Å². The lowest BCUT2D eigenvalue weighted by molar-refractivity contribution is 0.0602. The molecular weight excluding hydrogens is 404 g/mol. The van der Waals surface area contributed by atoms with Crippen LogP contribution in [-0.4, -0.2) is 35.7 Å². The highest BCUT2D eigenvalue weighted by atomic mass is 16.5. The van der Waals surface area contributed by atoms with Crippen molar-refractivity contribution < 1.29 is 9.53 Å². The zero-order valence-corrected chi connectivity index (χ0v) is 19.1. The summed E-state index contributed by atoms with van der Waals surface area (Å²) in [7, 11) is 3.20. The van der Waals surface area contributed by atoms with Gasteiger partial charge < -0.3 is 15.4 Å². The molecule has 0 bridgehead atoms. The van der Waals surface area contributed by atoms with Crippen LogP contribution in [0, 0.1) is 6.92 Å². The molecule has 1 fully saturated rings. The highest BCUT2D eigenvalue weighted by Crippen LogP contribution is 2.30. The Morgan fingerprint density at radius 1 is 1.25 bits per heavy atom. The molecule has 2 N–H and O–H groups in total. The molecule has 2 aromatic carbocycles. The molecule has 3 aromatic rings. The first kappa shape index (κ1) is 22.0. The van der Waals surface area contributed by atoms with E-state index in [2.05, 4.69) is 16.7 Å². The summed E-state index contributed by atoms with van der Waals surface area (Å²) in [6.45, 7) is 5.87. The van der Waals surface area contributed by atoms with Crippen molar-refractivity contribution in [1.29, 1.82) is 0 Å². The number of aryl methyl sites for hydroxylation is 1. The Balaban J connectivity index is 1.81. The van der Waals surface area contributed by atoms with Crippen LogP contribution in [0.1, 0.15) is 59.0 Å². The van der Waals surface area contributed by atoms with E-state index in [1.54, 1.807) is 16.7 Å². The first-order valence-electron chi connectivity index (χ1n) is 11.1. The number of nitrogens with one attached hydrogen (secondary N) is 2. The quantitative estimate of drug-likeness (QED) is 0.596. The van der Waals surface area contributed by atoms with Crippen LogP contribution in [0.15, 0.2) is 41.2 Å². The van der Waals surface area contributed by atoms with Gasteiger partial charge in [-0.2, -0.15) is 0 Å². The number of carbonyl (C=O) groups is 1. The average Bonchev–Trinajstić information content (AvgIpc) is 2.81. The van der Waals surface area contributed by atoms with Gasteiger partial charge in [-0.25, -0.2) is 9.78 Å². The van der Waals surface area contributed by atoms with Crippen molar-refractivity contribution in [1.82, 2.24) is 14.9 Å². The molecule has 0 amide bonds. The smallest absolute Gasteiger partial charge is 0.339 e. The van der Waals surface area contributed by atoms with Gasteiger partial charge in [0.25, 0.3) is 5.56 Å². The maximum absolute atomic E-state index is 13.3. The molecule has 32 heavy (non-hydrogen) atoms. The molecule has 0 aliphatic carbocycles. The number of carbonyl (C=O) groups excluding carboxylic acids is 1. The third kappa shape index (κ3) is 4.12. The number of nitrogens with zero attached hydrogens (tertiary/aromatic N) is 2. The van der Waals surface area contributed by atoms with Crippen LogP contribution in [-0.2, 0) is 11.8 Å². The summed E-state index contributed by atoms with van der Waals surface area (Å²) in [6.07, 6.45) is 1.93. The number of anilines is 1. The SMILES string of the molecule is COC(=O)c1ccccc1NC(C)c1cc(C)cc2c(=O)n(C)c(C3CCNCC3)nc12. The fourth-order valence-electron chi connectivity index (χ4n) is 4.55. The van der Waals surface area contributed by atoms with Crippen LogP contribution in [0.4, 0.5) is 5.69 Å². The predicted octanol–water partition coefficient (Wildman–Crippen LogP) is 3.67. The molecule has 1 atom stereocenters. The number of ether oxygens (including phenoxy) is 1. The van der Waals surface area contributed by atoms with Crippen molar-refractivity contribution in [2.45, 2.75) is 38.6 Å². The molecule has 4 rings (SSSR count). The Kier molecular flexibility index (Phi) is 6.28. The van der Waals surface area contributed by atoms with Crippen molar-refractivity contribution in [3.05, 3.63) is 69.3 Å². The number of benzene rings is 2. The second-order valence-electron chi connectivity index (χ2n) is 8.51. The molecule has 0 saturated carbocycles. The predicted molar refractivity (Wildman–Crippen MR) is 126 cm³/mol. The zero-order chi connectivity index (χ0) is 22.8. The normalized spacial score (nSPS) is 15.5. The highest BCUT2D eigenvalue weighted by molar-refractivity contribution is 5.95. The molecule has 168 valence electrons. The third-order valence-corrected chi connectivity index (χ3v) is 6.26. The van der Waals surface area contributed by atoms with Gasteiger partial charge >= 0.3 is 5.97 Å². The molecule has 1 aliphatic rings. The zero-order valence-electron chi connectivity index (χ0n) is 19.1. The van der Waals surface area contributed by atoms with E-state index in [-0.39, 0.29) is 17.5 Å². The summed E-state index contributed by atoms with van der Waals surface area (Å²) in [5.41, 5.74) is 3.80. The first-order valence-corrected chi connectivity index (χ1v) is 11.1. The summed E-state index contributed by atoms with van der Waals surface area (Å²) < 4.78 is 6.64. The standard InChI is InChI=1S/C25H30N4O3/c1-15-13-19(16(2)27-21-8-6-5-7-18(21)25(31)32-4)22-20(14-15)24(30)29(3)23(28-22)17-9-11-26-12-10-17/h5-8,13-14,16-17,26-27H,9-12H2,1-4H3. The van der Waals surface area contributed by atoms with Gasteiger partial charge in [0.1, 0.15) is 5.82 Å². The summed E-state index contributed by atoms with van der Waals surface area (Å²) >= 11 is 0. The average molecular weight is 435 g/mol. The summed E-state index contributed by atoms with van der Waals surface area (Å²) in [5.74, 6) is 0.710. The lowest BCUT2D eigenvalue weighted by atomic mass is 9.95. The molecule has 1 aromatic heterocycles. The van der Waals surface area contributed by atoms with Crippen molar-refractivity contribution in [3.8, 4) is 0 Å². The van der Waals surface area contributed by atoms with E-state index >= 15 is 0 Å². The van der Waals surface area contributed by atoms with Crippen molar-refractivity contribution >= 4 is 22.6 Å². The molecule has 1 saturated heterocycles. The minimum atomic E-state index is -0.394. The van der Waals surface area contributed by atoms with E-state index in [1.165, 1.54) is 7.11 Å². The number of para-hydroxylation sites is 1. The Morgan fingerprint density at radius 3 is 2.69 bits per heavy atom. The number of methoxy groups -OCH3 is 1. The van der Waals surface area contributed by atoms with Crippen molar-refractivity contribution in [3.63, 3.8) is 0 Å². The molecule has 0 radical (unpaired) electrons. The minimum absolute atomic E-state index is 0.0179. The van der Waals surface area contributed by atoms with Crippen LogP contribution in [0.25, 0.3) is 10.9 Å². The first-order chi connectivity index (χ1) is 15.4. The van der Waals surface area contributed by atoms with Gasteiger partial charge in [0.2, 0.25) is 0 Å². The largest absolute Gasteiger partial charge is 0.465 e. The fraction of sp³-hybridized carbons (Fsp3) is 0.400. The van der Waals surface area contributed by atoms with E-state index in [0.29, 0.717) is 16.6 Å². The molecule has 1 unspecified atom stereocenters. The third-order valence-electron chi connectivity index (χ3n) is 6.26. The van der Waals surface area contributed by atoms with Crippen LogP contribution in [0.3, 0.4) is 0 Å². The number of piperidine rings is 1. The fourth-order valence-corrected chi connectivity index (χ4v) is 4.55. The van der Waals surface area contributed by atoms with Gasteiger partial charge in [-0.1, -0.05) is 18.2 Å². The summed E-state index contributed by atoms with van der Waals surface area (Å²) in [5, 5.41) is 7.43. The molecule has 1 aliphatic heterocycles. The molecule has 7 nitrogen and oxygen atoms in total. The lowest BCUT2D eigenvalue weighted by Gasteiger charge is -2.25. The van der Waals surface area contributed by atoms with Gasteiger partial charge in [-0.3, -0.25) is 9.36 Å². The van der Waals surface area contributed by atoms with Gasteiger partial charge in [-0.05, 0) is 63.5 Å². The van der Waals surface area contributed by atoms with Crippen LogP contribution < -0.4 is 16.2 Å². The van der Waals surface area contributed by atoms with E-state index in [4.69, 9.17) is 9.72 Å². The number of hydrogen-bond donors (Lipinski definition) is 2. The molecule has 0 spiro atoms. The van der Waals surface area contributed by atoms with Gasteiger partial charge in [0.05, 0.1) is 29.6 Å². The summed E-state index contributed by atoms with van der Waals surface area (Å²) in [4.78, 5) is 30.5. The second kappa shape index (κ2) is 9.12. The molecule has 2 heterocycles. The lowest BCUT2D eigenvalue weighted by Crippen LogP contribution is -2.31. The van der Waals surface area contributed by atoms with Gasteiger partial charge in [-0.15, -0.1) is 0 Å². The number of esters is 1. The Labute approximate surface area is 187 Å². The Morgan fingerprint density at radius 2 is 1.97 bits per heavy atom. The minimum Gasteiger partial charge on any atom is -0.465 e. The summed E-state index contributed by atoms with van der Waals surface area (Å²) in [6, 6.07) is 11.1. The maximum Gasteiger partial charge on any atom is 0.339 e. The Hall–Kier alpha value is -3.19. The number of fused-ring (bicyclic) bond motifs is 1. The second-order valence-corrected chi connectivity index (χ2v) is 8.51. The van der Waals surface area contributed by atoms with Crippen molar-refractivity contribution in [2.24, 2.45) is 7.05 Å². The monoisotopic (exact) mass is 434 g/mol. The maximum atomic E-state index is 13.3. The van der Waals surface area contributed by atoms with Crippen LogP contribution in [0.2, 0.25) is 0 Å². The number of aromatic nitrogens is 2. The van der Waals surface area contributed by atoms with E-state index < -0.39 is 5.97 Å². The number of hydrogen-bond acceptors (Lipinski definition) is 6.